The molecule has 24 heavy (non-hydrogen) atoms. The van der Waals surface area contributed by atoms with Crippen LogP contribution in [-0.2, 0) is 22.6 Å². The topological polar surface area (TPSA) is 79.3 Å². The number of likely N-dealkylation sites (N-methyl/N-ethyl adjacent to an activating group) is 1. The van der Waals surface area contributed by atoms with Gasteiger partial charge in [0.2, 0.25) is 11.8 Å². The number of rotatable bonds is 9. The van der Waals surface area contributed by atoms with Gasteiger partial charge in [0, 0.05) is 36.7 Å². The van der Waals surface area contributed by atoms with Crippen LogP contribution in [0, 0.1) is 0 Å². The third kappa shape index (κ3) is 6.51. The average Bonchev–Trinajstić information content (AvgIpc) is 3.16. The molecule has 130 valence electrons. The molecule has 0 radical (unpaired) electrons. The lowest BCUT2D eigenvalue weighted by atomic mass is 10.2. The molecular weight excluding hydrogens is 326 g/mol. The number of nitrogens with one attached hydrogen (secondary N) is 2. The van der Waals surface area contributed by atoms with Gasteiger partial charge in [0.15, 0.2) is 5.82 Å². The Bertz CT molecular complexity index is 651. The molecule has 0 aromatic carbocycles. The van der Waals surface area contributed by atoms with E-state index in [0.29, 0.717) is 18.8 Å². The van der Waals surface area contributed by atoms with Crippen molar-refractivity contribution in [3.63, 3.8) is 0 Å². The van der Waals surface area contributed by atoms with Gasteiger partial charge >= 0.3 is 0 Å². The Kier molecular flexibility index (Phi) is 6.95. The summed E-state index contributed by atoms with van der Waals surface area (Å²) in [6, 6.07) is 5.68. The van der Waals surface area contributed by atoms with Gasteiger partial charge in [-0.15, -0.1) is 11.3 Å². The molecule has 2 rings (SSSR count). The molecule has 0 aliphatic carbocycles. The SMILES string of the molecule is CN(C)CCNC(=O)Cn1ccc(NC(=O)CCc2cccs2)n1. The molecule has 0 aliphatic heterocycles. The zero-order valence-corrected chi connectivity index (χ0v) is 14.8. The van der Waals surface area contributed by atoms with Gasteiger partial charge in [-0.25, -0.2) is 0 Å². The first-order valence-electron chi connectivity index (χ1n) is 7.80. The van der Waals surface area contributed by atoms with Gasteiger partial charge in [0.25, 0.3) is 0 Å². The molecule has 0 unspecified atom stereocenters. The van der Waals surface area contributed by atoms with E-state index in [1.807, 2.05) is 36.5 Å². The van der Waals surface area contributed by atoms with Crippen molar-refractivity contribution < 1.29 is 9.59 Å². The molecule has 2 aromatic heterocycles. The third-order valence-electron chi connectivity index (χ3n) is 3.27. The number of hydrogen-bond donors (Lipinski definition) is 2. The summed E-state index contributed by atoms with van der Waals surface area (Å²) in [6.07, 6.45) is 2.82. The molecule has 0 bridgehead atoms. The smallest absolute Gasteiger partial charge is 0.241 e. The van der Waals surface area contributed by atoms with Crippen LogP contribution in [0.15, 0.2) is 29.8 Å². The van der Waals surface area contributed by atoms with E-state index in [-0.39, 0.29) is 18.4 Å². The maximum absolute atomic E-state index is 11.9. The fraction of sp³-hybridized carbons (Fsp3) is 0.438. The molecule has 7 nitrogen and oxygen atoms in total. The second-order valence-corrected chi connectivity index (χ2v) is 6.71. The highest BCUT2D eigenvalue weighted by molar-refractivity contribution is 7.09. The normalized spacial score (nSPS) is 10.8. The predicted molar refractivity (Wildman–Crippen MR) is 95.1 cm³/mol. The van der Waals surface area contributed by atoms with Crippen LogP contribution in [0.4, 0.5) is 5.82 Å². The predicted octanol–water partition coefficient (Wildman–Crippen LogP) is 1.19. The summed E-state index contributed by atoms with van der Waals surface area (Å²) in [5.74, 6) is 0.284. The summed E-state index contributed by atoms with van der Waals surface area (Å²) < 4.78 is 1.51. The van der Waals surface area contributed by atoms with E-state index in [2.05, 4.69) is 15.7 Å². The second kappa shape index (κ2) is 9.19. The summed E-state index contributed by atoms with van der Waals surface area (Å²) >= 11 is 1.64. The van der Waals surface area contributed by atoms with Gasteiger partial charge in [-0.3, -0.25) is 14.3 Å². The number of nitrogens with zero attached hydrogens (tertiary/aromatic N) is 3. The maximum Gasteiger partial charge on any atom is 0.241 e. The molecule has 2 amide bonds. The number of hydrogen-bond acceptors (Lipinski definition) is 5. The molecule has 0 saturated carbocycles. The van der Waals surface area contributed by atoms with Crippen LogP contribution >= 0.6 is 11.3 Å². The van der Waals surface area contributed by atoms with Crippen molar-refractivity contribution in [2.45, 2.75) is 19.4 Å². The zero-order chi connectivity index (χ0) is 17.4. The minimum Gasteiger partial charge on any atom is -0.353 e. The lowest BCUT2D eigenvalue weighted by Gasteiger charge is -2.10. The molecule has 2 heterocycles. The Hall–Kier alpha value is -2.19. The fourth-order valence-electron chi connectivity index (χ4n) is 2.04. The number of aromatic nitrogens is 2. The van der Waals surface area contributed by atoms with Gasteiger partial charge < -0.3 is 15.5 Å². The van der Waals surface area contributed by atoms with Crippen molar-refractivity contribution in [1.82, 2.24) is 20.0 Å². The molecule has 0 spiro atoms. The summed E-state index contributed by atoms with van der Waals surface area (Å²) in [5, 5.41) is 11.8. The van der Waals surface area contributed by atoms with E-state index in [9.17, 15) is 9.59 Å². The molecular formula is C16H23N5O2S. The monoisotopic (exact) mass is 349 g/mol. The summed E-state index contributed by atoms with van der Waals surface area (Å²) in [4.78, 5) is 26.9. The number of carbonyl (C=O) groups is 2. The van der Waals surface area contributed by atoms with Gasteiger partial charge in [-0.2, -0.15) is 5.10 Å². The first kappa shape index (κ1) is 18.2. The average molecular weight is 349 g/mol. The number of anilines is 1. The van der Waals surface area contributed by atoms with E-state index >= 15 is 0 Å². The van der Waals surface area contributed by atoms with E-state index in [1.165, 1.54) is 9.56 Å². The van der Waals surface area contributed by atoms with Crippen LogP contribution in [0.1, 0.15) is 11.3 Å². The number of amides is 2. The minimum atomic E-state index is -0.101. The van der Waals surface area contributed by atoms with Crippen LogP contribution in [0.3, 0.4) is 0 Å². The molecule has 0 fully saturated rings. The van der Waals surface area contributed by atoms with Crippen LogP contribution in [-0.4, -0.2) is 53.7 Å². The molecule has 0 atom stereocenters. The summed E-state index contributed by atoms with van der Waals surface area (Å²) in [6.45, 7) is 1.52. The van der Waals surface area contributed by atoms with Gasteiger partial charge in [0.1, 0.15) is 6.54 Å². The zero-order valence-electron chi connectivity index (χ0n) is 14.0. The summed E-state index contributed by atoms with van der Waals surface area (Å²) in [5.41, 5.74) is 0. The molecule has 2 aromatic rings. The van der Waals surface area contributed by atoms with Crippen LogP contribution < -0.4 is 10.6 Å². The number of thiophene rings is 1. The van der Waals surface area contributed by atoms with Gasteiger partial charge in [-0.1, -0.05) is 6.07 Å². The molecule has 0 saturated heterocycles. The first-order chi connectivity index (χ1) is 11.5. The van der Waals surface area contributed by atoms with Crippen LogP contribution in [0.25, 0.3) is 0 Å². The fourth-order valence-corrected chi connectivity index (χ4v) is 2.74. The number of aryl methyl sites for hydroxylation is 1. The van der Waals surface area contributed by atoms with E-state index in [4.69, 9.17) is 0 Å². The molecule has 0 aliphatic rings. The lowest BCUT2D eigenvalue weighted by molar-refractivity contribution is -0.121. The van der Waals surface area contributed by atoms with E-state index < -0.39 is 0 Å². The van der Waals surface area contributed by atoms with Crippen LogP contribution in [0.5, 0.6) is 0 Å². The Morgan fingerprint density at radius 2 is 2.12 bits per heavy atom. The first-order valence-corrected chi connectivity index (χ1v) is 8.68. The molecule has 8 heteroatoms. The van der Waals surface area contributed by atoms with E-state index in [0.717, 1.165) is 13.0 Å². The van der Waals surface area contributed by atoms with Crippen molar-refractivity contribution in [3.8, 4) is 0 Å². The highest BCUT2D eigenvalue weighted by Gasteiger charge is 2.08. The van der Waals surface area contributed by atoms with Gasteiger partial charge in [0.05, 0.1) is 0 Å². The maximum atomic E-state index is 11.9. The van der Waals surface area contributed by atoms with Crippen molar-refractivity contribution in [2.75, 3.05) is 32.5 Å². The lowest BCUT2D eigenvalue weighted by Crippen LogP contribution is -2.33. The Balaban J connectivity index is 1.71. The number of carbonyl (C=O) groups excluding carboxylic acids is 2. The van der Waals surface area contributed by atoms with Crippen molar-refractivity contribution >= 4 is 29.0 Å². The largest absolute Gasteiger partial charge is 0.353 e. The Morgan fingerprint density at radius 1 is 1.29 bits per heavy atom. The van der Waals surface area contributed by atoms with Crippen LogP contribution in [0.2, 0.25) is 0 Å². The Labute approximate surface area is 145 Å². The van der Waals surface area contributed by atoms with Crippen molar-refractivity contribution in [2.24, 2.45) is 0 Å². The highest BCUT2D eigenvalue weighted by Crippen LogP contribution is 2.11. The molecule has 2 N–H and O–H groups in total. The summed E-state index contributed by atoms with van der Waals surface area (Å²) in [7, 11) is 3.90. The third-order valence-corrected chi connectivity index (χ3v) is 4.21. The van der Waals surface area contributed by atoms with E-state index in [1.54, 1.807) is 23.6 Å². The highest BCUT2D eigenvalue weighted by atomic mass is 32.1. The Morgan fingerprint density at radius 3 is 2.83 bits per heavy atom. The van der Waals surface area contributed by atoms with Gasteiger partial charge in [-0.05, 0) is 32.0 Å². The van der Waals surface area contributed by atoms with Crippen molar-refractivity contribution in [3.05, 3.63) is 34.7 Å². The minimum absolute atomic E-state index is 0.0796. The second-order valence-electron chi connectivity index (χ2n) is 5.68. The standard InChI is InChI=1S/C16H23N5O2S/c1-20(2)10-8-17-16(23)12-21-9-7-14(19-21)18-15(22)6-5-13-4-3-11-24-13/h3-4,7,9,11H,5-6,8,10,12H2,1-2H3,(H,17,23)(H,18,19,22). The van der Waals surface area contributed by atoms with Crippen molar-refractivity contribution in [1.29, 1.82) is 0 Å². The quantitative estimate of drug-likeness (QED) is 0.713.